The highest BCUT2D eigenvalue weighted by Gasteiger charge is 2.17. The number of aryl methyl sites for hydroxylation is 1. The van der Waals surface area contributed by atoms with E-state index in [1.807, 2.05) is 13.0 Å². The predicted molar refractivity (Wildman–Crippen MR) is 64.8 cm³/mol. The van der Waals surface area contributed by atoms with Gasteiger partial charge in [-0.15, -0.1) is 5.10 Å². The molecule has 3 N–H and O–H groups in total. The summed E-state index contributed by atoms with van der Waals surface area (Å²) in [6.45, 7) is 1.87. The van der Waals surface area contributed by atoms with Crippen LogP contribution >= 0.6 is 11.5 Å². The molecule has 2 aromatic rings. The number of aromatic nitrogens is 2. The monoisotopic (exact) mass is 252 g/mol. The van der Waals surface area contributed by atoms with E-state index < -0.39 is 0 Å². The SMILES string of the molecule is Cc1nnsc1C(Cc1ccccc1F)NN. The molecule has 17 heavy (non-hydrogen) atoms. The number of nitrogens with one attached hydrogen (secondary N) is 1. The van der Waals surface area contributed by atoms with Crippen LogP contribution in [0.1, 0.15) is 22.2 Å². The fourth-order valence-corrected chi connectivity index (χ4v) is 2.37. The Morgan fingerprint density at radius 3 is 2.82 bits per heavy atom. The summed E-state index contributed by atoms with van der Waals surface area (Å²) in [6.07, 6.45) is 0.480. The molecule has 0 fully saturated rings. The summed E-state index contributed by atoms with van der Waals surface area (Å²) in [4.78, 5) is 0.941. The van der Waals surface area contributed by atoms with Gasteiger partial charge in [0.25, 0.3) is 0 Å². The van der Waals surface area contributed by atoms with Crippen molar-refractivity contribution in [2.75, 3.05) is 0 Å². The standard InChI is InChI=1S/C11H13FN4S/c1-7-11(17-16-15-7)10(14-13)6-8-4-2-3-5-9(8)12/h2-5,10,14H,6,13H2,1H3. The first-order valence-electron chi connectivity index (χ1n) is 5.20. The van der Waals surface area contributed by atoms with Gasteiger partial charge in [0.05, 0.1) is 16.6 Å². The van der Waals surface area contributed by atoms with E-state index in [1.165, 1.54) is 17.6 Å². The summed E-state index contributed by atoms with van der Waals surface area (Å²) < 4.78 is 17.4. The maximum Gasteiger partial charge on any atom is 0.126 e. The van der Waals surface area contributed by atoms with E-state index in [0.29, 0.717) is 12.0 Å². The predicted octanol–water partition coefficient (Wildman–Crippen LogP) is 1.73. The molecule has 90 valence electrons. The Hall–Kier alpha value is -1.37. The summed E-state index contributed by atoms with van der Waals surface area (Å²) in [5.74, 6) is 5.29. The van der Waals surface area contributed by atoms with Crippen molar-refractivity contribution in [3.63, 3.8) is 0 Å². The Bertz CT molecular complexity index is 500. The van der Waals surface area contributed by atoms with Gasteiger partial charge in [-0.05, 0) is 36.5 Å². The van der Waals surface area contributed by atoms with Crippen LogP contribution in [-0.2, 0) is 6.42 Å². The molecular weight excluding hydrogens is 239 g/mol. The number of halogens is 1. The van der Waals surface area contributed by atoms with Crippen LogP contribution in [0.25, 0.3) is 0 Å². The number of rotatable bonds is 4. The van der Waals surface area contributed by atoms with Gasteiger partial charge in [0.2, 0.25) is 0 Å². The lowest BCUT2D eigenvalue weighted by molar-refractivity contribution is 0.533. The summed E-state index contributed by atoms with van der Waals surface area (Å²) in [7, 11) is 0. The third kappa shape index (κ3) is 2.66. The van der Waals surface area contributed by atoms with Gasteiger partial charge in [-0.25, -0.2) is 4.39 Å². The molecule has 0 aliphatic heterocycles. The molecule has 0 saturated carbocycles. The third-order valence-corrected chi connectivity index (χ3v) is 3.53. The third-order valence-electron chi connectivity index (χ3n) is 2.59. The smallest absolute Gasteiger partial charge is 0.126 e. The summed E-state index contributed by atoms with van der Waals surface area (Å²) >= 11 is 1.28. The molecular formula is C11H13FN4S. The molecule has 4 nitrogen and oxygen atoms in total. The minimum atomic E-state index is -0.220. The Balaban J connectivity index is 2.22. The molecule has 0 radical (unpaired) electrons. The van der Waals surface area contributed by atoms with E-state index >= 15 is 0 Å². The van der Waals surface area contributed by atoms with Gasteiger partial charge in [-0.1, -0.05) is 22.7 Å². The lowest BCUT2D eigenvalue weighted by Crippen LogP contribution is -2.29. The zero-order chi connectivity index (χ0) is 12.3. The van der Waals surface area contributed by atoms with Gasteiger partial charge >= 0.3 is 0 Å². The topological polar surface area (TPSA) is 63.8 Å². The number of hydrogen-bond acceptors (Lipinski definition) is 5. The number of hydrogen-bond donors (Lipinski definition) is 2. The maximum absolute atomic E-state index is 13.5. The number of hydrazine groups is 1. The van der Waals surface area contributed by atoms with E-state index in [2.05, 4.69) is 15.0 Å². The highest BCUT2D eigenvalue weighted by Crippen LogP contribution is 2.23. The first kappa shape index (κ1) is 12.1. The molecule has 1 heterocycles. The van der Waals surface area contributed by atoms with Crippen molar-refractivity contribution in [3.8, 4) is 0 Å². The zero-order valence-corrected chi connectivity index (χ0v) is 10.2. The second kappa shape index (κ2) is 5.31. The van der Waals surface area contributed by atoms with Gasteiger partial charge < -0.3 is 0 Å². The molecule has 0 aliphatic carbocycles. The largest absolute Gasteiger partial charge is 0.271 e. The summed E-state index contributed by atoms with van der Waals surface area (Å²) in [6, 6.07) is 6.52. The van der Waals surface area contributed by atoms with Crippen molar-refractivity contribution in [1.29, 1.82) is 0 Å². The van der Waals surface area contributed by atoms with Crippen molar-refractivity contribution in [2.45, 2.75) is 19.4 Å². The molecule has 2 rings (SSSR count). The number of nitrogens with zero attached hydrogens (tertiary/aromatic N) is 2. The van der Waals surface area contributed by atoms with Crippen molar-refractivity contribution < 1.29 is 4.39 Å². The normalized spacial score (nSPS) is 12.6. The van der Waals surface area contributed by atoms with Crippen LogP contribution in [0.2, 0.25) is 0 Å². The van der Waals surface area contributed by atoms with Crippen molar-refractivity contribution in [1.82, 2.24) is 15.0 Å². The minimum absolute atomic E-state index is 0.160. The number of benzene rings is 1. The molecule has 0 aliphatic rings. The summed E-state index contributed by atoms with van der Waals surface area (Å²) in [5.41, 5.74) is 4.14. The Morgan fingerprint density at radius 1 is 1.47 bits per heavy atom. The lowest BCUT2D eigenvalue weighted by Gasteiger charge is -2.14. The first-order chi connectivity index (χ1) is 8.22. The Morgan fingerprint density at radius 2 is 2.24 bits per heavy atom. The van der Waals surface area contributed by atoms with Crippen LogP contribution in [0.4, 0.5) is 4.39 Å². The van der Waals surface area contributed by atoms with Crippen LogP contribution in [0.5, 0.6) is 0 Å². The van der Waals surface area contributed by atoms with Gasteiger partial charge in [-0.3, -0.25) is 11.3 Å². The average Bonchev–Trinajstić information content (AvgIpc) is 2.75. The first-order valence-corrected chi connectivity index (χ1v) is 5.98. The average molecular weight is 252 g/mol. The van der Waals surface area contributed by atoms with E-state index in [9.17, 15) is 4.39 Å². The quantitative estimate of drug-likeness (QED) is 0.642. The molecule has 0 bridgehead atoms. The van der Waals surface area contributed by atoms with E-state index in [1.54, 1.807) is 12.1 Å². The Labute approximate surface area is 103 Å². The van der Waals surface area contributed by atoms with Gasteiger partial charge in [0, 0.05) is 0 Å². The van der Waals surface area contributed by atoms with Gasteiger partial charge in [0.1, 0.15) is 5.82 Å². The zero-order valence-electron chi connectivity index (χ0n) is 9.35. The minimum Gasteiger partial charge on any atom is -0.271 e. The van der Waals surface area contributed by atoms with Crippen LogP contribution in [0.3, 0.4) is 0 Å². The molecule has 6 heteroatoms. The molecule has 1 unspecified atom stereocenters. The van der Waals surface area contributed by atoms with Crippen molar-refractivity contribution in [3.05, 3.63) is 46.2 Å². The summed E-state index contributed by atoms with van der Waals surface area (Å²) in [5, 5.41) is 3.93. The molecule has 0 spiro atoms. The van der Waals surface area contributed by atoms with Gasteiger partial charge in [0.15, 0.2) is 0 Å². The van der Waals surface area contributed by atoms with E-state index in [4.69, 9.17) is 5.84 Å². The second-order valence-corrected chi connectivity index (χ2v) is 4.52. The van der Waals surface area contributed by atoms with Crippen LogP contribution in [-0.4, -0.2) is 9.59 Å². The van der Waals surface area contributed by atoms with Crippen LogP contribution in [0.15, 0.2) is 24.3 Å². The molecule has 0 amide bonds. The highest BCUT2D eigenvalue weighted by atomic mass is 32.1. The van der Waals surface area contributed by atoms with Gasteiger partial charge in [-0.2, -0.15) is 0 Å². The maximum atomic E-state index is 13.5. The highest BCUT2D eigenvalue weighted by molar-refractivity contribution is 7.05. The van der Waals surface area contributed by atoms with Crippen molar-refractivity contribution >= 4 is 11.5 Å². The molecule has 1 atom stereocenters. The molecule has 1 aromatic carbocycles. The fraction of sp³-hybridized carbons (Fsp3) is 0.273. The van der Waals surface area contributed by atoms with Crippen LogP contribution in [0, 0.1) is 12.7 Å². The van der Waals surface area contributed by atoms with Crippen LogP contribution < -0.4 is 11.3 Å². The van der Waals surface area contributed by atoms with E-state index in [0.717, 1.165) is 10.6 Å². The molecule has 1 aromatic heterocycles. The molecule has 0 saturated heterocycles. The lowest BCUT2D eigenvalue weighted by atomic mass is 10.0. The fourth-order valence-electron chi connectivity index (χ4n) is 1.67. The van der Waals surface area contributed by atoms with Crippen molar-refractivity contribution in [2.24, 2.45) is 5.84 Å². The van der Waals surface area contributed by atoms with E-state index in [-0.39, 0.29) is 11.9 Å². The Kier molecular flexibility index (Phi) is 3.78. The number of nitrogens with two attached hydrogens (primary N) is 1. The second-order valence-electron chi connectivity index (χ2n) is 3.74.